The van der Waals surface area contributed by atoms with Crippen LogP contribution < -0.4 is 5.32 Å². The molecule has 21 heavy (non-hydrogen) atoms. The van der Waals surface area contributed by atoms with E-state index in [1.165, 1.54) is 20.5 Å². The van der Waals surface area contributed by atoms with Crippen LogP contribution in [0.15, 0.2) is 48.7 Å². The average molecular weight is 296 g/mol. The van der Waals surface area contributed by atoms with Gasteiger partial charge in [-0.3, -0.25) is 4.98 Å². The minimum atomic E-state index is 0.381. The Morgan fingerprint density at radius 1 is 1.14 bits per heavy atom. The quantitative estimate of drug-likeness (QED) is 0.750. The molecular weight excluding hydrogens is 276 g/mol. The topological polar surface area (TPSA) is 24.9 Å². The van der Waals surface area contributed by atoms with Crippen molar-refractivity contribution in [1.82, 2.24) is 10.3 Å². The Kier molecular flexibility index (Phi) is 4.32. The van der Waals surface area contributed by atoms with Crippen LogP contribution in [0.1, 0.15) is 29.1 Å². The summed E-state index contributed by atoms with van der Waals surface area (Å²) in [5.74, 6) is 0. The van der Waals surface area contributed by atoms with Crippen molar-refractivity contribution in [3.63, 3.8) is 0 Å². The number of fused-ring (bicyclic) bond motifs is 1. The summed E-state index contributed by atoms with van der Waals surface area (Å²) in [6, 6.07) is 15.1. The smallest absolute Gasteiger partial charge is 0.0416 e. The molecule has 3 rings (SSSR count). The van der Waals surface area contributed by atoms with Crippen molar-refractivity contribution in [2.45, 2.75) is 26.3 Å². The number of rotatable bonds is 5. The van der Waals surface area contributed by atoms with Crippen LogP contribution in [0.5, 0.6) is 0 Å². The van der Waals surface area contributed by atoms with Gasteiger partial charge >= 0.3 is 0 Å². The Bertz CT molecular complexity index is 718. The predicted octanol–water partition coefficient (Wildman–Crippen LogP) is 4.50. The van der Waals surface area contributed by atoms with E-state index in [9.17, 15) is 0 Å². The summed E-state index contributed by atoms with van der Waals surface area (Å²) >= 11 is 1.90. The Morgan fingerprint density at radius 2 is 1.95 bits per heavy atom. The first-order valence-electron chi connectivity index (χ1n) is 7.37. The standard InChI is InChI=1S/C18H20N2S/c1-13-16-8-3-4-9-17(16)21-18(13)14(2)19-12-10-15-7-5-6-11-20-15/h3-9,11,14,19H,10,12H2,1-2H3. The van der Waals surface area contributed by atoms with E-state index in [1.807, 2.05) is 29.7 Å². The maximum Gasteiger partial charge on any atom is 0.0416 e. The van der Waals surface area contributed by atoms with Crippen molar-refractivity contribution in [1.29, 1.82) is 0 Å². The van der Waals surface area contributed by atoms with E-state index in [1.54, 1.807) is 0 Å². The lowest BCUT2D eigenvalue weighted by Crippen LogP contribution is -2.21. The molecule has 0 radical (unpaired) electrons. The van der Waals surface area contributed by atoms with Gasteiger partial charge in [0.15, 0.2) is 0 Å². The Balaban J connectivity index is 1.67. The van der Waals surface area contributed by atoms with Gasteiger partial charge in [-0.05, 0) is 43.0 Å². The van der Waals surface area contributed by atoms with Crippen LogP contribution in [0.3, 0.4) is 0 Å². The van der Waals surface area contributed by atoms with Gasteiger partial charge < -0.3 is 5.32 Å². The van der Waals surface area contributed by atoms with Gasteiger partial charge in [0.25, 0.3) is 0 Å². The molecule has 2 aromatic heterocycles. The molecule has 0 saturated carbocycles. The number of hydrogen-bond donors (Lipinski definition) is 1. The molecule has 0 spiro atoms. The molecule has 1 aromatic carbocycles. The van der Waals surface area contributed by atoms with E-state index in [-0.39, 0.29) is 0 Å². The molecule has 2 nitrogen and oxygen atoms in total. The van der Waals surface area contributed by atoms with Crippen LogP contribution in [0, 0.1) is 6.92 Å². The van der Waals surface area contributed by atoms with Gasteiger partial charge in [0.1, 0.15) is 0 Å². The van der Waals surface area contributed by atoms with Crippen molar-refractivity contribution >= 4 is 21.4 Å². The fraction of sp³-hybridized carbons (Fsp3) is 0.278. The third-order valence-electron chi connectivity index (χ3n) is 3.83. The summed E-state index contributed by atoms with van der Waals surface area (Å²) in [6.07, 6.45) is 2.82. The molecule has 108 valence electrons. The normalized spacial score (nSPS) is 12.7. The highest BCUT2D eigenvalue weighted by Gasteiger charge is 2.13. The van der Waals surface area contributed by atoms with Gasteiger partial charge in [0.05, 0.1) is 0 Å². The summed E-state index contributed by atoms with van der Waals surface area (Å²) in [4.78, 5) is 5.81. The molecular formula is C18H20N2S. The predicted molar refractivity (Wildman–Crippen MR) is 90.9 cm³/mol. The minimum Gasteiger partial charge on any atom is -0.309 e. The monoisotopic (exact) mass is 296 g/mol. The lowest BCUT2D eigenvalue weighted by molar-refractivity contribution is 0.580. The summed E-state index contributed by atoms with van der Waals surface area (Å²) in [5.41, 5.74) is 2.55. The molecule has 0 fully saturated rings. The third kappa shape index (κ3) is 3.14. The number of benzene rings is 1. The summed E-state index contributed by atoms with van der Waals surface area (Å²) in [7, 11) is 0. The lowest BCUT2D eigenvalue weighted by Gasteiger charge is -2.13. The van der Waals surface area contributed by atoms with Crippen LogP contribution in [0.4, 0.5) is 0 Å². The molecule has 3 heteroatoms. The van der Waals surface area contributed by atoms with Crippen LogP contribution in [0.25, 0.3) is 10.1 Å². The van der Waals surface area contributed by atoms with Crippen molar-refractivity contribution in [3.05, 3.63) is 64.8 Å². The van der Waals surface area contributed by atoms with E-state index in [4.69, 9.17) is 0 Å². The summed E-state index contributed by atoms with van der Waals surface area (Å²) in [5, 5.41) is 5.00. The van der Waals surface area contributed by atoms with Crippen LogP contribution in [0.2, 0.25) is 0 Å². The molecule has 0 saturated heterocycles. The first-order valence-corrected chi connectivity index (χ1v) is 8.18. The number of nitrogens with one attached hydrogen (secondary N) is 1. The molecule has 1 N–H and O–H groups in total. The number of pyridine rings is 1. The number of aryl methyl sites for hydroxylation is 1. The molecule has 0 aliphatic carbocycles. The van der Waals surface area contributed by atoms with Crippen molar-refractivity contribution in [3.8, 4) is 0 Å². The number of thiophene rings is 1. The van der Waals surface area contributed by atoms with Gasteiger partial charge in [-0.1, -0.05) is 24.3 Å². The maximum absolute atomic E-state index is 4.36. The van der Waals surface area contributed by atoms with Crippen LogP contribution in [-0.4, -0.2) is 11.5 Å². The van der Waals surface area contributed by atoms with Crippen LogP contribution in [-0.2, 0) is 6.42 Å². The van der Waals surface area contributed by atoms with Crippen molar-refractivity contribution < 1.29 is 0 Å². The summed E-state index contributed by atoms with van der Waals surface area (Å²) < 4.78 is 1.38. The maximum atomic E-state index is 4.36. The SMILES string of the molecule is Cc1c(C(C)NCCc2ccccn2)sc2ccccc12. The highest BCUT2D eigenvalue weighted by Crippen LogP contribution is 2.34. The molecule has 1 atom stereocenters. The van der Waals surface area contributed by atoms with Gasteiger partial charge in [-0.25, -0.2) is 0 Å². The molecule has 0 aliphatic heterocycles. The average Bonchev–Trinajstić information content (AvgIpc) is 2.86. The lowest BCUT2D eigenvalue weighted by atomic mass is 10.1. The number of hydrogen-bond acceptors (Lipinski definition) is 3. The zero-order valence-electron chi connectivity index (χ0n) is 12.5. The third-order valence-corrected chi connectivity index (χ3v) is 5.29. The Hall–Kier alpha value is -1.71. The largest absolute Gasteiger partial charge is 0.309 e. The minimum absolute atomic E-state index is 0.381. The molecule has 0 amide bonds. The highest BCUT2D eigenvalue weighted by molar-refractivity contribution is 7.19. The second kappa shape index (κ2) is 6.37. The van der Waals surface area contributed by atoms with E-state index in [0.717, 1.165) is 18.7 Å². The van der Waals surface area contributed by atoms with Gasteiger partial charge in [0, 0.05) is 40.5 Å². The summed E-state index contributed by atoms with van der Waals surface area (Å²) in [6.45, 7) is 5.42. The van der Waals surface area contributed by atoms with Gasteiger partial charge in [-0.2, -0.15) is 0 Å². The van der Waals surface area contributed by atoms with E-state index in [2.05, 4.69) is 54.5 Å². The molecule has 0 bridgehead atoms. The first kappa shape index (κ1) is 14.2. The van der Waals surface area contributed by atoms with Crippen molar-refractivity contribution in [2.24, 2.45) is 0 Å². The molecule has 2 heterocycles. The molecule has 1 unspecified atom stereocenters. The fourth-order valence-corrected chi connectivity index (χ4v) is 3.90. The fourth-order valence-electron chi connectivity index (χ4n) is 2.66. The second-order valence-corrected chi connectivity index (χ2v) is 6.42. The second-order valence-electron chi connectivity index (χ2n) is 5.33. The van der Waals surface area contributed by atoms with E-state index < -0.39 is 0 Å². The number of aromatic nitrogens is 1. The Labute approximate surface area is 129 Å². The van der Waals surface area contributed by atoms with E-state index in [0.29, 0.717) is 6.04 Å². The number of nitrogens with zero attached hydrogens (tertiary/aromatic N) is 1. The first-order chi connectivity index (χ1) is 10.3. The Morgan fingerprint density at radius 3 is 2.71 bits per heavy atom. The zero-order chi connectivity index (χ0) is 14.7. The van der Waals surface area contributed by atoms with Gasteiger partial charge in [-0.15, -0.1) is 11.3 Å². The molecule has 3 aromatic rings. The van der Waals surface area contributed by atoms with Crippen molar-refractivity contribution in [2.75, 3.05) is 6.54 Å². The zero-order valence-corrected chi connectivity index (χ0v) is 13.3. The van der Waals surface area contributed by atoms with E-state index >= 15 is 0 Å². The van der Waals surface area contributed by atoms with Gasteiger partial charge in [0.2, 0.25) is 0 Å². The highest BCUT2D eigenvalue weighted by atomic mass is 32.1. The van der Waals surface area contributed by atoms with Crippen LogP contribution >= 0.6 is 11.3 Å². The molecule has 0 aliphatic rings.